The summed E-state index contributed by atoms with van der Waals surface area (Å²) < 4.78 is 5.33. The van der Waals surface area contributed by atoms with E-state index in [1.807, 2.05) is 4.90 Å². The summed E-state index contributed by atoms with van der Waals surface area (Å²) in [4.78, 5) is 13.8. The molecule has 2 N–H and O–H groups in total. The van der Waals surface area contributed by atoms with Crippen LogP contribution in [-0.4, -0.2) is 53.7 Å². The van der Waals surface area contributed by atoms with Crippen molar-refractivity contribution in [1.29, 1.82) is 0 Å². The fourth-order valence-electron chi connectivity index (χ4n) is 1.94. The lowest BCUT2D eigenvalue weighted by molar-refractivity contribution is -0.126. The van der Waals surface area contributed by atoms with Crippen LogP contribution in [0.1, 0.15) is 11.8 Å². The summed E-state index contributed by atoms with van der Waals surface area (Å²) in [5.74, 6) is 1.11. The van der Waals surface area contributed by atoms with Crippen LogP contribution < -0.4 is 10.6 Å². The van der Waals surface area contributed by atoms with Crippen LogP contribution in [0.2, 0.25) is 0 Å². The van der Waals surface area contributed by atoms with Gasteiger partial charge >= 0.3 is 0 Å². The summed E-state index contributed by atoms with van der Waals surface area (Å²) in [5, 5.41) is 13.6. The SMILES string of the molecule is CNC(=O)C1CNCCN1Cc1nnc(C)o1. The first-order valence-corrected chi connectivity index (χ1v) is 5.66. The van der Waals surface area contributed by atoms with Crippen LogP contribution in [0.15, 0.2) is 4.42 Å². The fraction of sp³-hybridized carbons (Fsp3) is 0.700. The molecular formula is C10H17N5O2. The van der Waals surface area contributed by atoms with Crippen molar-refractivity contribution in [3.63, 3.8) is 0 Å². The van der Waals surface area contributed by atoms with Gasteiger partial charge in [0.25, 0.3) is 0 Å². The van der Waals surface area contributed by atoms with Gasteiger partial charge in [-0.3, -0.25) is 9.69 Å². The van der Waals surface area contributed by atoms with Crippen LogP contribution in [0.25, 0.3) is 0 Å². The third-order valence-corrected chi connectivity index (χ3v) is 2.81. The van der Waals surface area contributed by atoms with E-state index in [2.05, 4.69) is 20.8 Å². The molecule has 1 aliphatic heterocycles. The van der Waals surface area contributed by atoms with Crippen molar-refractivity contribution in [3.05, 3.63) is 11.8 Å². The van der Waals surface area contributed by atoms with Gasteiger partial charge in [0, 0.05) is 33.6 Å². The Labute approximate surface area is 99.6 Å². The molecular weight excluding hydrogens is 222 g/mol. The monoisotopic (exact) mass is 239 g/mol. The average molecular weight is 239 g/mol. The third kappa shape index (κ3) is 2.80. The van der Waals surface area contributed by atoms with E-state index >= 15 is 0 Å². The summed E-state index contributed by atoms with van der Waals surface area (Å²) in [5.41, 5.74) is 0. The zero-order chi connectivity index (χ0) is 12.3. The molecule has 0 aromatic carbocycles. The molecule has 0 saturated carbocycles. The first-order valence-electron chi connectivity index (χ1n) is 5.66. The molecule has 1 atom stereocenters. The van der Waals surface area contributed by atoms with Gasteiger partial charge in [-0.15, -0.1) is 10.2 Å². The molecule has 1 aliphatic rings. The smallest absolute Gasteiger partial charge is 0.238 e. The number of nitrogens with one attached hydrogen (secondary N) is 2. The highest BCUT2D eigenvalue weighted by Crippen LogP contribution is 2.09. The van der Waals surface area contributed by atoms with Crippen LogP contribution in [-0.2, 0) is 11.3 Å². The number of carbonyl (C=O) groups is 1. The predicted octanol–water partition coefficient (Wildman–Crippen LogP) is -1.10. The van der Waals surface area contributed by atoms with E-state index in [-0.39, 0.29) is 11.9 Å². The molecule has 7 nitrogen and oxygen atoms in total. The lowest BCUT2D eigenvalue weighted by atomic mass is 10.2. The second kappa shape index (κ2) is 5.24. The van der Waals surface area contributed by atoms with E-state index < -0.39 is 0 Å². The third-order valence-electron chi connectivity index (χ3n) is 2.81. The summed E-state index contributed by atoms with van der Waals surface area (Å²) in [6, 6.07) is -0.180. The second-order valence-electron chi connectivity index (χ2n) is 4.02. The van der Waals surface area contributed by atoms with Crippen LogP contribution in [0, 0.1) is 6.92 Å². The maximum atomic E-state index is 11.7. The highest BCUT2D eigenvalue weighted by atomic mass is 16.4. The first kappa shape index (κ1) is 12.0. The molecule has 1 aromatic rings. The average Bonchev–Trinajstić information content (AvgIpc) is 2.74. The largest absolute Gasteiger partial charge is 0.424 e. The van der Waals surface area contributed by atoms with Gasteiger partial charge < -0.3 is 15.1 Å². The van der Waals surface area contributed by atoms with E-state index in [0.717, 1.165) is 13.1 Å². The van der Waals surface area contributed by atoms with Crippen molar-refractivity contribution < 1.29 is 9.21 Å². The highest BCUT2D eigenvalue weighted by Gasteiger charge is 2.28. The standard InChI is InChI=1S/C10H17N5O2/c1-7-13-14-9(17-7)6-15-4-3-12-5-8(15)10(16)11-2/h8,12H,3-6H2,1-2H3,(H,11,16). The van der Waals surface area contributed by atoms with E-state index in [0.29, 0.717) is 24.9 Å². The molecule has 1 fully saturated rings. The van der Waals surface area contributed by atoms with E-state index in [4.69, 9.17) is 4.42 Å². The number of hydrogen-bond acceptors (Lipinski definition) is 6. The lowest BCUT2D eigenvalue weighted by Gasteiger charge is -2.33. The van der Waals surface area contributed by atoms with Crippen molar-refractivity contribution in [2.75, 3.05) is 26.7 Å². The van der Waals surface area contributed by atoms with Crippen LogP contribution in [0.3, 0.4) is 0 Å². The molecule has 7 heteroatoms. The van der Waals surface area contributed by atoms with Gasteiger partial charge in [-0.2, -0.15) is 0 Å². The molecule has 2 rings (SSSR count). The van der Waals surface area contributed by atoms with Gasteiger partial charge in [-0.25, -0.2) is 0 Å². The van der Waals surface area contributed by atoms with Crippen LogP contribution >= 0.6 is 0 Å². The number of carbonyl (C=O) groups excluding carboxylic acids is 1. The summed E-state index contributed by atoms with van der Waals surface area (Å²) in [6.07, 6.45) is 0. The second-order valence-corrected chi connectivity index (χ2v) is 4.02. The molecule has 1 unspecified atom stereocenters. The number of hydrogen-bond donors (Lipinski definition) is 2. The minimum Gasteiger partial charge on any atom is -0.424 e. The molecule has 0 spiro atoms. The number of piperazine rings is 1. The molecule has 2 heterocycles. The Morgan fingerprint density at radius 2 is 2.47 bits per heavy atom. The van der Waals surface area contributed by atoms with E-state index in [1.165, 1.54) is 0 Å². The topological polar surface area (TPSA) is 83.3 Å². The summed E-state index contributed by atoms with van der Waals surface area (Å²) in [6.45, 7) is 4.57. The molecule has 1 saturated heterocycles. The molecule has 1 amide bonds. The van der Waals surface area contributed by atoms with E-state index in [1.54, 1.807) is 14.0 Å². The fourth-order valence-corrected chi connectivity index (χ4v) is 1.94. The zero-order valence-electron chi connectivity index (χ0n) is 10.1. The normalized spacial score (nSPS) is 21.4. The van der Waals surface area contributed by atoms with Crippen molar-refractivity contribution in [2.24, 2.45) is 0 Å². The Kier molecular flexibility index (Phi) is 3.70. The number of likely N-dealkylation sites (N-methyl/N-ethyl adjacent to an activating group) is 1. The van der Waals surface area contributed by atoms with Crippen molar-refractivity contribution in [1.82, 2.24) is 25.7 Å². The number of aryl methyl sites for hydroxylation is 1. The quantitative estimate of drug-likeness (QED) is 0.696. The zero-order valence-corrected chi connectivity index (χ0v) is 10.1. The lowest BCUT2D eigenvalue weighted by Crippen LogP contribution is -2.56. The molecule has 94 valence electrons. The molecule has 0 bridgehead atoms. The first-order chi connectivity index (χ1) is 8.20. The minimum atomic E-state index is -0.180. The van der Waals surface area contributed by atoms with Crippen LogP contribution in [0.4, 0.5) is 0 Å². The van der Waals surface area contributed by atoms with Gasteiger partial charge in [0.15, 0.2) is 0 Å². The Balaban J connectivity index is 2.03. The van der Waals surface area contributed by atoms with Gasteiger partial charge in [-0.05, 0) is 0 Å². The number of nitrogens with zero attached hydrogens (tertiary/aromatic N) is 3. The highest BCUT2D eigenvalue weighted by molar-refractivity contribution is 5.81. The maximum Gasteiger partial charge on any atom is 0.238 e. The summed E-state index contributed by atoms with van der Waals surface area (Å²) >= 11 is 0. The van der Waals surface area contributed by atoms with Crippen LogP contribution in [0.5, 0.6) is 0 Å². The molecule has 0 radical (unpaired) electrons. The minimum absolute atomic E-state index is 0.00781. The Hall–Kier alpha value is -1.47. The Morgan fingerprint density at radius 3 is 3.12 bits per heavy atom. The van der Waals surface area contributed by atoms with E-state index in [9.17, 15) is 4.79 Å². The van der Waals surface area contributed by atoms with Crippen molar-refractivity contribution in [3.8, 4) is 0 Å². The maximum absolute atomic E-state index is 11.7. The molecule has 1 aromatic heterocycles. The predicted molar refractivity (Wildman–Crippen MR) is 60.2 cm³/mol. The van der Waals surface area contributed by atoms with Gasteiger partial charge in [0.05, 0.1) is 6.54 Å². The van der Waals surface area contributed by atoms with Gasteiger partial charge in [0.2, 0.25) is 17.7 Å². The Bertz CT molecular complexity index is 392. The van der Waals surface area contributed by atoms with Crippen molar-refractivity contribution in [2.45, 2.75) is 19.5 Å². The number of aromatic nitrogens is 2. The Morgan fingerprint density at radius 1 is 1.65 bits per heavy atom. The van der Waals surface area contributed by atoms with Crippen molar-refractivity contribution >= 4 is 5.91 Å². The van der Waals surface area contributed by atoms with Gasteiger partial charge in [-0.1, -0.05) is 0 Å². The molecule has 17 heavy (non-hydrogen) atoms. The summed E-state index contributed by atoms with van der Waals surface area (Å²) in [7, 11) is 1.64. The molecule has 0 aliphatic carbocycles. The van der Waals surface area contributed by atoms with Gasteiger partial charge in [0.1, 0.15) is 6.04 Å². The number of amides is 1. The number of rotatable bonds is 3.